The Kier molecular flexibility index (Phi) is 3.90. The molecule has 1 aromatic carbocycles. The maximum absolute atomic E-state index is 14.1. The van der Waals surface area contributed by atoms with E-state index in [0.29, 0.717) is 6.42 Å². The Bertz CT molecular complexity index is 528. The Hall–Kier alpha value is -1.82. The Morgan fingerprint density at radius 3 is 2.63 bits per heavy atom. The van der Waals surface area contributed by atoms with Crippen LogP contribution >= 0.6 is 0 Å². The molecule has 2 aromatic rings. The number of alkyl halides is 2. The molecule has 1 unspecified atom stereocenters. The van der Waals surface area contributed by atoms with E-state index in [4.69, 9.17) is 4.52 Å². The van der Waals surface area contributed by atoms with Crippen molar-refractivity contribution in [3.8, 4) is 0 Å². The van der Waals surface area contributed by atoms with Crippen molar-refractivity contribution in [3.63, 3.8) is 0 Å². The van der Waals surface area contributed by atoms with E-state index >= 15 is 0 Å². The summed E-state index contributed by atoms with van der Waals surface area (Å²) in [6.07, 6.45) is 0.435. The molecule has 1 aromatic heterocycles. The van der Waals surface area contributed by atoms with Crippen LogP contribution in [0.4, 0.5) is 8.78 Å². The Morgan fingerprint density at radius 1 is 1.32 bits per heavy atom. The third kappa shape index (κ3) is 2.96. The molecule has 0 fully saturated rings. The highest BCUT2D eigenvalue weighted by atomic mass is 19.3. The lowest BCUT2D eigenvalue weighted by Gasteiger charge is -2.11. The highest BCUT2D eigenvalue weighted by molar-refractivity contribution is 5.25. The van der Waals surface area contributed by atoms with Crippen LogP contribution < -0.4 is 5.32 Å². The van der Waals surface area contributed by atoms with Crippen LogP contribution in [0.5, 0.6) is 0 Å². The number of hydrogen-bond donors (Lipinski definition) is 1. The van der Waals surface area contributed by atoms with Gasteiger partial charge in [0.05, 0.1) is 0 Å². The summed E-state index contributed by atoms with van der Waals surface area (Å²) in [5.41, 5.74) is -0.160. The monoisotopic (exact) mass is 267 g/mol. The number of halogens is 2. The molecular formula is C13H15F2N3O. The summed E-state index contributed by atoms with van der Waals surface area (Å²) in [7, 11) is 1.78. The van der Waals surface area contributed by atoms with Crippen molar-refractivity contribution < 1.29 is 13.3 Å². The van der Waals surface area contributed by atoms with Gasteiger partial charge in [0.1, 0.15) is 0 Å². The summed E-state index contributed by atoms with van der Waals surface area (Å²) in [5.74, 6) is -3.67. The summed E-state index contributed by atoms with van der Waals surface area (Å²) in [6, 6.07) is 7.52. The standard InChI is InChI=1S/C13H15F2N3O/c1-9(16-2)8-11-17-12(19-18-11)13(14,15)10-6-4-3-5-7-10/h3-7,9,16H,8H2,1-2H3. The smallest absolute Gasteiger partial charge is 0.332 e. The van der Waals surface area contributed by atoms with Gasteiger partial charge in [-0.3, -0.25) is 0 Å². The number of nitrogens with zero attached hydrogens (tertiary/aromatic N) is 2. The normalized spacial score (nSPS) is 13.5. The molecule has 0 saturated carbocycles. The van der Waals surface area contributed by atoms with Crippen molar-refractivity contribution in [3.05, 3.63) is 47.6 Å². The quantitative estimate of drug-likeness (QED) is 0.903. The molecular weight excluding hydrogens is 252 g/mol. The summed E-state index contributed by atoms with van der Waals surface area (Å²) >= 11 is 0. The minimum absolute atomic E-state index is 0.0933. The largest absolute Gasteiger partial charge is 0.350 e. The predicted molar refractivity (Wildman–Crippen MR) is 66.0 cm³/mol. The number of hydrogen-bond acceptors (Lipinski definition) is 4. The van der Waals surface area contributed by atoms with Crippen LogP contribution in [0.25, 0.3) is 0 Å². The van der Waals surface area contributed by atoms with E-state index < -0.39 is 11.8 Å². The SMILES string of the molecule is CNC(C)Cc1noc(C(F)(F)c2ccccc2)n1. The van der Waals surface area contributed by atoms with E-state index in [1.54, 1.807) is 25.2 Å². The minimum Gasteiger partial charge on any atom is -0.332 e. The van der Waals surface area contributed by atoms with Crippen molar-refractivity contribution in [2.75, 3.05) is 7.05 Å². The number of aromatic nitrogens is 2. The van der Waals surface area contributed by atoms with E-state index in [9.17, 15) is 8.78 Å². The van der Waals surface area contributed by atoms with E-state index in [2.05, 4.69) is 15.5 Å². The summed E-state index contributed by atoms with van der Waals surface area (Å²) in [5, 5.41) is 6.57. The molecule has 0 amide bonds. The molecule has 1 N–H and O–H groups in total. The Morgan fingerprint density at radius 2 is 2.00 bits per heavy atom. The van der Waals surface area contributed by atoms with Gasteiger partial charge in [0.2, 0.25) is 0 Å². The van der Waals surface area contributed by atoms with Gasteiger partial charge in [-0.2, -0.15) is 13.8 Å². The Labute approximate surface area is 109 Å². The zero-order chi connectivity index (χ0) is 13.9. The van der Waals surface area contributed by atoms with Crippen molar-refractivity contribution in [2.45, 2.75) is 25.3 Å². The van der Waals surface area contributed by atoms with Gasteiger partial charge in [0, 0.05) is 18.0 Å². The first-order chi connectivity index (χ1) is 9.04. The minimum atomic E-state index is -3.27. The summed E-state index contributed by atoms with van der Waals surface area (Å²) in [6.45, 7) is 1.91. The van der Waals surface area contributed by atoms with Crippen molar-refractivity contribution >= 4 is 0 Å². The van der Waals surface area contributed by atoms with Gasteiger partial charge in [0.25, 0.3) is 0 Å². The van der Waals surface area contributed by atoms with Crippen LogP contribution in [0.3, 0.4) is 0 Å². The molecule has 0 aliphatic carbocycles. The fraction of sp³-hybridized carbons (Fsp3) is 0.385. The predicted octanol–water partition coefficient (Wildman–Crippen LogP) is 2.36. The van der Waals surface area contributed by atoms with Crippen LogP contribution in [0.15, 0.2) is 34.9 Å². The average molecular weight is 267 g/mol. The van der Waals surface area contributed by atoms with Gasteiger partial charge in [-0.15, -0.1) is 0 Å². The first-order valence-electron chi connectivity index (χ1n) is 5.97. The van der Waals surface area contributed by atoms with Gasteiger partial charge >= 0.3 is 11.8 Å². The molecule has 2 rings (SSSR count). The average Bonchev–Trinajstić information content (AvgIpc) is 2.89. The molecule has 1 atom stereocenters. The molecule has 0 spiro atoms. The summed E-state index contributed by atoms with van der Waals surface area (Å²) < 4.78 is 32.9. The van der Waals surface area contributed by atoms with E-state index in [1.165, 1.54) is 12.1 Å². The lowest BCUT2D eigenvalue weighted by atomic mass is 10.1. The fourth-order valence-corrected chi connectivity index (χ4v) is 1.61. The highest BCUT2D eigenvalue weighted by Gasteiger charge is 2.40. The van der Waals surface area contributed by atoms with Crippen molar-refractivity contribution in [1.29, 1.82) is 0 Å². The summed E-state index contributed by atoms with van der Waals surface area (Å²) in [4.78, 5) is 3.78. The third-order valence-corrected chi connectivity index (χ3v) is 2.85. The second-order valence-electron chi connectivity index (χ2n) is 4.35. The maximum Gasteiger partial charge on any atom is 0.350 e. The molecule has 0 aliphatic rings. The molecule has 4 nitrogen and oxygen atoms in total. The molecule has 19 heavy (non-hydrogen) atoms. The number of benzene rings is 1. The van der Waals surface area contributed by atoms with Gasteiger partial charge in [0.15, 0.2) is 5.82 Å². The number of likely N-dealkylation sites (N-methyl/N-ethyl adjacent to an activating group) is 1. The highest BCUT2D eigenvalue weighted by Crippen LogP contribution is 2.34. The van der Waals surface area contributed by atoms with Crippen LogP contribution in [0.2, 0.25) is 0 Å². The van der Waals surface area contributed by atoms with Gasteiger partial charge in [-0.05, 0) is 14.0 Å². The maximum atomic E-state index is 14.1. The fourth-order valence-electron chi connectivity index (χ4n) is 1.61. The van der Waals surface area contributed by atoms with E-state index in [-0.39, 0.29) is 17.4 Å². The lowest BCUT2D eigenvalue weighted by molar-refractivity contribution is 0.00761. The first-order valence-corrected chi connectivity index (χ1v) is 5.97. The van der Waals surface area contributed by atoms with Gasteiger partial charge < -0.3 is 9.84 Å². The van der Waals surface area contributed by atoms with Gasteiger partial charge in [-0.25, -0.2) is 0 Å². The van der Waals surface area contributed by atoms with E-state index in [0.717, 1.165) is 0 Å². The molecule has 0 aliphatic heterocycles. The molecule has 0 bridgehead atoms. The molecule has 6 heteroatoms. The third-order valence-electron chi connectivity index (χ3n) is 2.85. The second-order valence-corrected chi connectivity index (χ2v) is 4.35. The van der Waals surface area contributed by atoms with Crippen LogP contribution in [-0.4, -0.2) is 23.2 Å². The van der Waals surface area contributed by atoms with Crippen LogP contribution in [0, 0.1) is 0 Å². The Balaban J connectivity index is 2.22. The van der Waals surface area contributed by atoms with E-state index in [1.807, 2.05) is 6.92 Å². The van der Waals surface area contributed by atoms with Crippen molar-refractivity contribution in [1.82, 2.24) is 15.5 Å². The first kappa shape index (κ1) is 13.6. The number of rotatable bonds is 5. The second kappa shape index (κ2) is 5.44. The van der Waals surface area contributed by atoms with Crippen LogP contribution in [-0.2, 0) is 12.3 Å². The molecule has 0 radical (unpaired) electrons. The molecule has 1 heterocycles. The zero-order valence-electron chi connectivity index (χ0n) is 10.7. The number of nitrogens with one attached hydrogen (secondary N) is 1. The van der Waals surface area contributed by atoms with Crippen molar-refractivity contribution in [2.24, 2.45) is 0 Å². The zero-order valence-corrected chi connectivity index (χ0v) is 10.7. The topological polar surface area (TPSA) is 51.0 Å². The molecule has 102 valence electrons. The van der Waals surface area contributed by atoms with Gasteiger partial charge in [-0.1, -0.05) is 35.5 Å². The lowest BCUT2D eigenvalue weighted by Crippen LogP contribution is -2.24. The van der Waals surface area contributed by atoms with Crippen LogP contribution in [0.1, 0.15) is 24.2 Å². The molecule has 0 saturated heterocycles.